The van der Waals surface area contributed by atoms with Crippen molar-refractivity contribution in [3.63, 3.8) is 0 Å². The molecule has 0 saturated carbocycles. The summed E-state index contributed by atoms with van der Waals surface area (Å²) in [7, 11) is 0. The summed E-state index contributed by atoms with van der Waals surface area (Å²) in [5, 5.41) is 18.7. The molecule has 1 saturated heterocycles. The summed E-state index contributed by atoms with van der Waals surface area (Å²) in [6.45, 7) is -1.36. The van der Waals surface area contributed by atoms with Crippen LogP contribution in [0.25, 0.3) is 0 Å². The minimum atomic E-state index is -1.15. The maximum atomic E-state index is 11.7. The van der Waals surface area contributed by atoms with E-state index in [-0.39, 0.29) is 12.0 Å². The van der Waals surface area contributed by atoms with Gasteiger partial charge in [0.2, 0.25) is 0 Å². The lowest BCUT2D eigenvalue weighted by Crippen LogP contribution is -2.46. The smallest absolute Gasteiger partial charge is 0.333 e. The number of nitrogens with two attached hydrogens (primary N) is 2. The minimum absolute atomic E-state index is 0.0861. The SMILES string of the molecule is NCC(=O)O[C@@H]1[C@H](OC(=O)CN)[C@@H](CO)O[C@H]1N1C=CCC(C(=O)O)=C1. The van der Waals surface area contributed by atoms with E-state index >= 15 is 0 Å². The van der Waals surface area contributed by atoms with Crippen molar-refractivity contribution >= 4 is 17.9 Å². The van der Waals surface area contributed by atoms with E-state index in [4.69, 9.17) is 30.8 Å². The molecule has 2 rings (SSSR count). The molecule has 0 aromatic heterocycles. The molecule has 0 amide bonds. The molecule has 26 heavy (non-hydrogen) atoms. The predicted molar refractivity (Wildman–Crippen MR) is 84.9 cm³/mol. The fourth-order valence-corrected chi connectivity index (χ4v) is 2.64. The van der Waals surface area contributed by atoms with Crippen LogP contribution in [0.4, 0.5) is 0 Å². The van der Waals surface area contributed by atoms with Gasteiger partial charge >= 0.3 is 17.9 Å². The fraction of sp³-hybridized carbons (Fsp3) is 0.533. The lowest BCUT2D eigenvalue weighted by molar-refractivity contribution is -0.167. The highest BCUT2D eigenvalue weighted by atomic mass is 16.6. The van der Waals surface area contributed by atoms with Gasteiger partial charge in [0, 0.05) is 18.8 Å². The predicted octanol–water partition coefficient (Wildman–Crippen LogP) is -2.37. The first kappa shape index (κ1) is 19.8. The molecule has 144 valence electrons. The van der Waals surface area contributed by atoms with Gasteiger partial charge in [0.15, 0.2) is 18.4 Å². The molecule has 0 unspecified atom stereocenters. The number of esters is 2. The number of hydrogen-bond donors (Lipinski definition) is 4. The third kappa shape index (κ3) is 4.38. The van der Waals surface area contributed by atoms with Gasteiger partial charge in [0.25, 0.3) is 0 Å². The molecule has 0 bridgehead atoms. The fourth-order valence-electron chi connectivity index (χ4n) is 2.64. The van der Waals surface area contributed by atoms with Crippen molar-refractivity contribution in [2.75, 3.05) is 19.7 Å². The minimum Gasteiger partial charge on any atom is -0.478 e. The topological polar surface area (TPSA) is 175 Å². The van der Waals surface area contributed by atoms with Crippen molar-refractivity contribution < 1.29 is 38.8 Å². The Bertz CT molecular complexity index is 620. The zero-order valence-corrected chi connectivity index (χ0v) is 13.8. The van der Waals surface area contributed by atoms with Gasteiger partial charge in [-0.25, -0.2) is 4.79 Å². The molecule has 2 heterocycles. The summed E-state index contributed by atoms with van der Waals surface area (Å²) in [6.07, 6.45) is 0.358. The standard InChI is InChI=1S/C15H21N3O8/c16-4-10(20)25-12-9(7-19)24-14(13(12)26-11(21)5-17)18-3-1-2-8(6-18)15(22)23/h1,3,6,9,12-14,19H,2,4-5,7,16-17H2,(H,22,23)/t9-,12-,13-,14-/m1/s1. The lowest BCUT2D eigenvalue weighted by Gasteiger charge is -2.30. The van der Waals surface area contributed by atoms with Gasteiger partial charge in [-0.1, -0.05) is 6.08 Å². The highest BCUT2D eigenvalue weighted by molar-refractivity contribution is 5.87. The Morgan fingerprint density at radius 2 is 1.81 bits per heavy atom. The molecule has 0 aliphatic carbocycles. The highest BCUT2D eigenvalue weighted by Gasteiger charge is 2.51. The van der Waals surface area contributed by atoms with E-state index in [1.807, 2.05) is 0 Å². The molecule has 11 heteroatoms. The zero-order chi connectivity index (χ0) is 19.3. The van der Waals surface area contributed by atoms with Crippen LogP contribution in [0.3, 0.4) is 0 Å². The second kappa shape index (κ2) is 8.76. The lowest BCUT2D eigenvalue weighted by atomic mass is 10.1. The average molecular weight is 371 g/mol. The number of carbonyl (C=O) groups excluding carboxylic acids is 2. The Morgan fingerprint density at radius 1 is 1.19 bits per heavy atom. The van der Waals surface area contributed by atoms with E-state index in [0.717, 1.165) is 0 Å². The van der Waals surface area contributed by atoms with Crippen LogP contribution in [-0.2, 0) is 28.6 Å². The van der Waals surface area contributed by atoms with Crippen molar-refractivity contribution in [3.8, 4) is 0 Å². The summed E-state index contributed by atoms with van der Waals surface area (Å²) >= 11 is 0. The van der Waals surface area contributed by atoms with Crippen LogP contribution in [0.15, 0.2) is 24.0 Å². The summed E-state index contributed by atoms with van der Waals surface area (Å²) < 4.78 is 16.0. The number of ether oxygens (including phenoxy) is 3. The van der Waals surface area contributed by atoms with Crippen LogP contribution in [0.1, 0.15) is 6.42 Å². The number of carbonyl (C=O) groups is 3. The quantitative estimate of drug-likeness (QED) is 0.352. The van der Waals surface area contributed by atoms with Crippen LogP contribution < -0.4 is 11.5 Å². The first-order valence-corrected chi connectivity index (χ1v) is 7.84. The Hall–Kier alpha value is -2.47. The van der Waals surface area contributed by atoms with Crippen molar-refractivity contribution in [2.24, 2.45) is 11.5 Å². The molecular formula is C15H21N3O8. The molecule has 0 aromatic carbocycles. The van der Waals surface area contributed by atoms with Crippen molar-refractivity contribution in [1.82, 2.24) is 4.90 Å². The van der Waals surface area contributed by atoms with E-state index in [2.05, 4.69) is 0 Å². The van der Waals surface area contributed by atoms with E-state index in [1.165, 1.54) is 11.1 Å². The summed E-state index contributed by atoms with van der Waals surface area (Å²) in [6, 6.07) is 0. The first-order valence-electron chi connectivity index (χ1n) is 7.84. The van der Waals surface area contributed by atoms with Gasteiger partial charge in [0.05, 0.1) is 25.3 Å². The maximum absolute atomic E-state index is 11.7. The second-order valence-corrected chi connectivity index (χ2v) is 5.56. The zero-order valence-electron chi connectivity index (χ0n) is 13.8. The molecule has 0 radical (unpaired) electrons. The van der Waals surface area contributed by atoms with Gasteiger partial charge in [-0.3, -0.25) is 9.59 Å². The van der Waals surface area contributed by atoms with Crippen LogP contribution >= 0.6 is 0 Å². The summed E-state index contributed by atoms with van der Waals surface area (Å²) in [5.41, 5.74) is 10.6. The molecule has 4 atom stereocenters. The van der Waals surface area contributed by atoms with Gasteiger partial charge < -0.3 is 40.8 Å². The molecule has 0 aromatic rings. The number of aliphatic carboxylic acids is 1. The average Bonchev–Trinajstić information content (AvgIpc) is 2.98. The summed E-state index contributed by atoms with van der Waals surface area (Å²) in [4.78, 5) is 35.8. The Morgan fingerprint density at radius 3 is 2.35 bits per heavy atom. The van der Waals surface area contributed by atoms with Gasteiger partial charge in [0.1, 0.15) is 6.10 Å². The van der Waals surface area contributed by atoms with Crippen molar-refractivity contribution in [1.29, 1.82) is 0 Å². The first-order chi connectivity index (χ1) is 12.4. The number of rotatable bonds is 7. The third-order valence-electron chi connectivity index (χ3n) is 3.82. The Labute approximate surface area is 148 Å². The third-order valence-corrected chi connectivity index (χ3v) is 3.82. The van der Waals surface area contributed by atoms with Gasteiger partial charge in [-0.15, -0.1) is 0 Å². The van der Waals surface area contributed by atoms with Crippen molar-refractivity contribution in [3.05, 3.63) is 24.0 Å². The highest BCUT2D eigenvalue weighted by Crippen LogP contribution is 2.31. The normalized spacial score (nSPS) is 27.8. The van der Waals surface area contributed by atoms with Gasteiger partial charge in [-0.05, 0) is 0 Å². The maximum Gasteiger partial charge on any atom is 0.333 e. The van der Waals surface area contributed by atoms with Crippen LogP contribution in [-0.4, -0.2) is 77.3 Å². The molecule has 2 aliphatic rings. The number of hydrogen-bond acceptors (Lipinski definition) is 10. The van der Waals surface area contributed by atoms with Crippen LogP contribution in [0.5, 0.6) is 0 Å². The van der Waals surface area contributed by atoms with E-state index < -0.39 is 62.1 Å². The summed E-state index contributed by atoms with van der Waals surface area (Å²) in [5.74, 6) is -2.67. The molecule has 2 aliphatic heterocycles. The van der Waals surface area contributed by atoms with E-state index in [0.29, 0.717) is 0 Å². The number of carboxylic acid groups (broad SMARTS) is 1. The molecular weight excluding hydrogens is 350 g/mol. The monoisotopic (exact) mass is 371 g/mol. The van der Waals surface area contributed by atoms with E-state index in [1.54, 1.807) is 12.3 Å². The van der Waals surface area contributed by atoms with Crippen LogP contribution in [0.2, 0.25) is 0 Å². The van der Waals surface area contributed by atoms with Crippen molar-refractivity contribution in [2.45, 2.75) is 31.0 Å². The van der Waals surface area contributed by atoms with Gasteiger partial charge in [-0.2, -0.15) is 0 Å². The Kier molecular flexibility index (Phi) is 6.69. The number of allylic oxidation sites excluding steroid dienone is 1. The van der Waals surface area contributed by atoms with E-state index in [9.17, 15) is 19.5 Å². The largest absolute Gasteiger partial charge is 0.478 e. The number of carboxylic acids is 1. The molecule has 6 N–H and O–H groups in total. The molecule has 0 spiro atoms. The Balaban J connectivity index is 2.31. The van der Waals surface area contributed by atoms with Crippen LogP contribution in [0, 0.1) is 0 Å². The number of nitrogens with zero attached hydrogens (tertiary/aromatic N) is 1. The molecule has 11 nitrogen and oxygen atoms in total. The second-order valence-electron chi connectivity index (χ2n) is 5.56. The molecule has 1 fully saturated rings. The number of aliphatic hydroxyl groups is 1. The number of aliphatic hydroxyl groups excluding tert-OH is 1.